The second-order valence-corrected chi connectivity index (χ2v) is 4.29. The van der Waals surface area contributed by atoms with Crippen molar-refractivity contribution >= 4 is 11.0 Å². The van der Waals surface area contributed by atoms with Crippen LogP contribution in [0.2, 0.25) is 0 Å². The molecule has 0 amide bonds. The fourth-order valence-electron chi connectivity index (χ4n) is 2.08. The molecule has 1 aromatic carbocycles. The molecule has 1 aromatic heterocycles. The van der Waals surface area contributed by atoms with Crippen LogP contribution in [0, 0.1) is 0 Å². The van der Waals surface area contributed by atoms with Crippen molar-refractivity contribution in [1.29, 1.82) is 0 Å². The van der Waals surface area contributed by atoms with E-state index in [-0.39, 0.29) is 0 Å². The number of hydrogen-bond acceptors (Lipinski definition) is 3. The van der Waals surface area contributed by atoms with Crippen LogP contribution in [0.1, 0.15) is 37.8 Å². The van der Waals surface area contributed by atoms with Gasteiger partial charge in [0.15, 0.2) is 0 Å². The molecular weight excluding hydrogens is 210 g/mol. The Hall–Kier alpha value is -1.48. The van der Waals surface area contributed by atoms with Crippen molar-refractivity contribution < 1.29 is 0 Å². The lowest BCUT2D eigenvalue weighted by Gasteiger charge is -2.16. The highest BCUT2D eigenvalue weighted by Crippen LogP contribution is 2.21. The first-order valence-electron chi connectivity index (χ1n) is 6.23. The first-order chi connectivity index (χ1) is 8.35. The number of nitrogens with one attached hydrogen (secondary N) is 1. The lowest BCUT2D eigenvalue weighted by atomic mass is 10.0. The second kappa shape index (κ2) is 5.73. The molecular formula is C14H19N3. The van der Waals surface area contributed by atoms with Crippen LogP contribution >= 0.6 is 0 Å². The monoisotopic (exact) mass is 229 g/mol. The summed E-state index contributed by atoms with van der Waals surface area (Å²) in [5.41, 5.74) is 3.23. The highest BCUT2D eigenvalue weighted by molar-refractivity contribution is 5.74. The van der Waals surface area contributed by atoms with E-state index in [0.717, 1.165) is 11.0 Å². The first-order valence-corrected chi connectivity index (χ1v) is 6.23. The maximum Gasteiger partial charge on any atom is 0.0890 e. The SMILES string of the molecule is CCCCC(NC)c1ccc2nccnc2c1. The van der Waals surface area contributed by atoms with E-state index in [2.05, 4.69) is 34.3 Å². The van der Waals surface area contributed by atoms with Gasteiger partial charge in [0.1, 0.15) is 0 Å². The van der Waals surface area contributed by atoms with Crippen molar-refractivity contribution in [2.75, 3.05) is 7.05 Å². The Kier molecular flexibility index (Phi) is 4.04. The Bertz CT molecular complexity index is 482. The second-order valence-electron chi connectivity index (χ2n) is 4.29. The minimum absolute atomic E-state index is 0.418. The molecule has 1 heterocycles. The molecule has 0 bridgehead atoms. The number of fused-ring (bicyclic) bond motifs is 1. The summed E-state index contributed by atoms with van der Waals surface area (Å²) in [5, 5.41) is 3.37. The summed E-state index contributed by atoms with van der Waals surface area (Å²) in [7, 11) is 2.02. The van der Waals surface area contributed by atoms with Crippen molar-refractivity contribution in [3.05, 3.63) is 36.2 Å². The molecule has 0 radical (unpaired) electrons. The summed E-state index contributed by atoms with van der Waals surface area (Å²) in [4.78, 5) is 8.64. The van der Waals surface area contributed by atoms with Crippen LogP contribution in [0.15, 0.2) is 30.6 Å². The Morgan fingerprint density at radius 2 is 1.94 bits per heavy atom. The number of nitrogens with zero attached hydrogens (tertiary/aromatic N) is 2. The number of aromatic nitrogens is 2. The Morgan fingerprint density at radius 1 is 1.18 bits per heavy atom. The Labute approximate surface area is 102 Å². The standard InChI is InChI=1S/C14H19N3/c1-3-4-5-12(15-2)11-6-7-13-14(10-11)17-9-8-16-13/h6-10,12,15H,3-5H2,1-2H3. The molecule has 0 aliphatic rings. The molecule has 2 aromatic rings. The fraction of sp³-hybridized carbons (Fsp3) is 0.429. The maximum atomic E-state index is 4.35. The molecule has 1 unspecified atom stereocenters. The van der Waals surface area contributed by atoms with E-state index in [1.54, 1.807) is 12.4 Å². The summed E-state index contributed by atoms with van der Waals surface area (Å²) >= 11 is 0. The topological polar surface area (TPSA) is 37.8 Å². The van der Waals surface area contributed by atoms with Crippen LogP contribution in [-0.2, 0) is 0 Å². The summed E-state index contributed by atoms with van der Waals surface area (Å²) in [6, 6.07) is 6.75. The van der Waals surface area contributed by atoms with E-state index >= 15 is 0 Å². The molecule has 3 nitrogen and oxygen atoms in total. The van der Waals surface area contributed by atoms with Crippen LogP contribution in [0.25, 0.3) is 11.0 Å². The van der Waals surface area contributed by atoms with Crippen LogP contribution in [-0.4, -0.2) is 17.0 Å². The predicted octanol–water partition coefficient (Wildman–Crippen LogP) is 3.08. The Balaban J connectivity index is 2.27. The Morgan fingerprint density at radius 3 is 2.65 bits per heavy atom. The molecule has 3 heteroatoms. The maximum absolute atomic E-state index is 4.35. The quantitative estimate of drug-likeness (QED) is 0.856. The molecule has 1 N–H and O–H groups in total. The van der Waals surface area contributed by atoms with E-state index < -0.39 is 0 Å². The van der Waals surface area contributed by atoms with E-state index in [1.165, 1.54) is 24.8 Å². The molecule has 0 aliphatic heterocycles. The van der Waals surface area contributed by atoms with Crippen molar-refractivity contribution in [1.82, 2.24) is 15.3 Å². The average molecular weight is 229 g/mol. The van der Waals surface area contributed by atoms with Gasteiger partial charge in [0.05, 0.1) is 11.0 Å². The van der Waals surface area contributed by atoms with Crippen LogP contribution < -0.4 is 5.32 Å². The predicted molar refractivity (Wildman–Crippen MR) is 70.9 cm³/mol. The normalized spacial score (nSPS) is 12.8. The summed E-state index contributed by atoms with van der Waals surface area (Å²) < 4.78 is 0. The fourth-order valence-corrected chi connectivity index (χ4v) is 2.08. The van der Waals surface area contributed by atoms with Crippen LogP contribution in [0.5, 0.6) is 0 Å². The van der Waals surface area contributed by atoms with Gasteiger partial charge in [-0.2, -0.15) is 0 Å². The van der Waals surface area contributed by atoms with E-state index in [9.17, 15) is 0 Å². The van der Waals surface area contributed by atoms with Gasteiger partial charge < -0.3 is 5.32 Å². The van der Waals surface area contributed by atoms with Gasteiger partial charge in [0, 0.05) is 18.4 Å². The molecule has 0 aliphatic carbocycles. The van der Waals surface area contributed by atoms with Crippen molar-refractivity contribution in [2.24, 2.45) is 0 Å². The highest BCUT2D eigenvalue weighted by atomic mass is 14.9. The van der Waals surface area contributed by atoms with Crippen molar-refractivity contribution in [3.63, 3.8) is 0 Å². The van der Waals surface area contributed by atoms with Gasteiger partial charge in [-0.25, -0.2) is 0 Å². The molecule has 0 saturated heterocycles. The molecule has 2 rings (SSSR count). The smallest absolute Gasteiger partial charge is 0.0890 e. The third kappa shape index (κ3) is 2.80. The minimum atomic E-state index is 0.418. The zero-order valence-corrected chi connectivity index (χ0v) is 10.5. The van der Waals surface area contributed by atoms with Crippen molar-refractivity contribution in [2.45, 2.75) is 32.2 Å². The van der Waals surface area contributed by atoms with Gasteiger partial charge in [-0.15, -0.1) is 0 Å². The average Bonchev–Trinajstić information content (AvgIpc) is 2.39. The van der Waals surface area contributed by atoms with E-state index in [1.807, 2.05) is 13.1 Å². The summed E-state index contributed by atoms with van der Waals surface area (Å²) in [6.07, 6.45) is 7.11. The van der Waals surface area contributed by atoms with Crippen LogP contribution in [0.3, 0.4) is 0 Å². The zero-order chi connectivity index (χ0) is 12.1. The van der Waals surface area contributed by atoms with E-state index in [4.69, 9.17) is 0 Å². The number of benzene rings is 1. The molecule has 0 saturated carbocycles. The number of unbranched alkanes of at least 4 members (excludes halogenated alkanes) is 1. The van der Waals surface area contributed by atoms with Gasteiger partial charge >= 0.3 is 0 Å². The lowest BCUT2D eigenvalue weighted by molar-refractivity contribution is 0.523. The highest BCUT2D eigenvalue weighted by Gasteiger charge is 2.09. The molecule has 0 spiro atoms. The van der Waals surface area contributed by atoms with Gasteiger partial charge in [-0.05, 0) is 31.2 Å². The summed E-state index contributed by atoms with van der Waals surface area (Å²) in [5.74, 6) is 0. The number of hydrogen-bond donors (Lipinski definition) is 1. The van der Waals surface area contributed by atoms with E-state index in [0.29, 0.717) is 6.04 Å². The zero-order valence-electron chi connectivity index (χ0n) is 10.5. The molecule has 1 atom stereocenters. The van der Waals surface area contributed by atoms with Crippen LogP contribution in [0.4, 0.5) is 0 Å². The third-order valence-electron chi connectivity index (χ3n) is 3.09. The first kappa shape index (κ1) is 12.0. The number of rotatable bonds is 5. The van der Waals surface area contributed by atoms with Gasteiger partial charge in [0.25, 0.3) is 0 Å². The lowest BCUT2D eigenvalue weighted by Crippen LogP contribution is -2.16. The largest absolute Gasteiger partial charge is 0.313 e. The summed E-state index contributed by atoms with van der Waals surface area (Å²) in [6.45, 7) is 2.22. The molecule has 90 valence electrons. The minimum Gasteiger partial charge on any atom is -0.313 e. The van der Waals surface area contributed by atoms with Gasteiger partial charge in [-0.1, -0.05) is 25.8 Å². The molecule has 17 heavy (non-hydrogen) atoms. The van der Waals surface area contributed by atoms with Gasteiger partial charge in [-0.3, -0.25) is 9.97 Å². The van der Waals surface area contributed by atoms with Gasteiger partial charge in [0.2, 0.25) is 0 Å². The van der Waals surface area contributed by atoms with Crippen molar-refractivity contribution in [3.8, 4) is 0 Å². The third-order valence-corrected chi connectivity index (χ3v) is 3.09. The molecule has 0 fully saturated rings.